The summed E-state index contributed by atoms with van der Waals surface area (Å²) < 4.78 is 43.4. The molecule has 1 aromatic carbocycles. The van der Waals surface area contributed by atoms with Crippen molar-refractivity contribution < 1.29 is 32.3 Å². The Hall–Kier alpha value is -3.22. The van der Waals surface area contributed by atoms with E-state index in [1.807, 2.05) is 0 Å². The number of rotatable bonds is 7. The minimum Gasteiger partial charge on any atom is -0.322 e. The molecule has 2 aliphatic rings. The van der Waals surface area contributed by atoms with E-state index in [0.29, 0.717) is 17.7 Å². The maximum Gasteiger partial charge on any atom is 0.296 e. The van der Waals surface area contributed by atoms with Gasteiger partial charge in [0.25, 0.3) is 24.0 Å². The molecule has 204 valence electrons. The first-order valence-corrected chi connectivity index (χ1v) is 11.6. The Kier molecular flexibility index (Phi) is 8.69. The minimum atomic E-state index is -3.69. The molecule has 4 rings (SSSR count). The number of nitrogens with zero attached hydrogens (tertiary/aromatic N) is 3. The van der Waals surface area contributed by atoms with Crippen molar-refractivity contribution in [2.75, 3.05) is 14.1 Å². The average molecular weight is 574 g/mol. The second-order valence-electron chi connectivity index (χ2n) is 9.15. The number of fused-ring (bicyclic) bond motifs is 1. The van der Waals surface area contributed by atoms with Gasteiger partial charge >= 0.3 is 0 Å². The van der Waals surface area contributed by atoms with Gasteiger partial charge in [-0.15, -0.1) is 12.4 Å². The molecule has 0 saturated carbocycles. The summed E-state index contributed by atoms with van der Waals surface area (Å²) in [5.41, 5.74) is 0.113. The van der Waals surface area contributed by atoms with Crippen molar-refractivity contribution in [2.24, 2.45) is 0 Å². The van der Waals surface area contributed by atoms with Gasteiger partial charge < -0.3 is 15.1 Å². The Labute approximate surface area is 227 Å². The second-order valence-corrected chi connectivity index (χ2v) is 9.56. The summed E-state index contributed by atoms with van der Waals surface area (Å²) >= 11 is 6.07. The van der Waals surface area contributed by atoms with Gasteiger partial charge in [0.15, 0.2) is 0 Å². The van der Waals surface area contributed by atoms with Gasteiger partial charge in [-0.3, -0.25) is 29.5 Å². The number of carbonyl (C=O) groups is 4. The van der Waals surface area contributed by atoms with E-state index in [1.165, 1.54) is 35.4 Å². The number of carbonyl (C=O) groups excluding carboxylic acids is 4. The number of nitrogens with one attached hydrogen (secondary N) is 2. The molecule has 0 spiro atoms. The van der Waals surface area contributed by atoms with Gasteiger partial charge in [0.2, 0.25) is 11.8 Å². The standard InChI is InChI=1S/C24H23ClF3N5O4.ClH/c1-32(2)10-12-7-16(25)19(29-9-12)24(28,23(26)27)31-20(35)13-3-4-15-14(8-13)11-33(22(15)37)17-5-6-18(34)30-21(17)36;/h3-4,7-9,17,23H,5-6,10-11H2,1-2H3,(H,31,35)(H,30,34,36);1H. The maximum absolute atomic E-state index is 15.6. The molecule has 4 amide bonds. The minimum absolute atomic E-state index is 0. The molecule has 2 N–H and O–H groups in total. The molecule has 0 bridgehead atoms. The summed E-state index contributed by atoms with van der Waals surface area (Å²) in [5.74, 6) is -6.36. The fourth-order valence-corrected chi connectivity index (χ4v) is 4.69. The number of pyridine rings is 1. The van der Waals surface area contributed by atoms with Crippen molar-refractivity contribution in [3.63, 3.8) is 0 Å². The number of hydrogen-bond donors (Lipinski definition) is 2. The van der Waals surface area contributed by atoms with E-state index in [4.69, 9.17) is 11.6 Å². The third kappa shape index (κ3) is 5.62. The first-order valence-electron chi connectivity index (χ1n) is 11.3. The zero-order chi connectivity index (χ0) is 27.1. The molecule has 1 aromatic heterocycles. The molecular formula is C24H24Cl2F3N5O4. The largest absolute Gasteiger partial charge is 0.322 e. The van der Waals surface area contributed by atoms with Crippen LogP contribution in [0, 0.1) is 0 Å². The molecular weight excluding hydrogens is 550 g/mol. The number of halogens is 5. The summed E-state index contributed by atoms with van der Waals surface area (Å²) in [6, 6.07) is 4.21. The lowest BCUT2D eigenvalue weighted by Gasteiger charge is -2.29. The number of aromatic nitrogens is 1. The Bertz CT molecular complexity index is 1300. The van der Waals surface area contributed by atoms with Crippen LogP contribution in [0.15, 0.2) is 30.5 Å². The topological polar surface area (TPSA) is 112 Å². The number of amides is 4. The van der Waals surface area contributed by atoms with Crippen molar-refractivity contribution in [1.29, 1.82) is 0 Å². The van der Waals surface area contributed by atoms with E-state index >= 15 is 4.39 Å². The number of imide groups is 1. The third-order valence-electron chi connectivity index (χ3n) is 6.12. The highest BCUT2D eigenvalue weighted by molar-refractivity contribution is 6.31. The Morgan fingerprint density at radius 3 is 2.61 bits per heavy atom. The number of benzene rings is 1. The SMILES string of the molecule is CN(C)Cc1cnc(C(F)(NC(=O)c2ccc3c(c2)CN(C2CCC(=O)NC2=O)C3=O)C(F)F)c(Cl)c1.Cl. The highest BCUT2D eigenvalue weighted by atomic mass is 35.5. The fourth-order valence-electron chi connectivity index (χ4n) is 4.37. The first kappa shape index (κ1) is 29.3. The van der Waals surface area contributed by atoms with Crippen molar-refractivity contribution in [3.8, 4) is 0 Å². The Balaban J connectivity index is 0.00000400. The fraction of sp³-hybridized carbons (Fsp3) is 0.375. The quantitative estimate of drug-likeness (QED) is 0.389. The van der Waals surface area contributed by atoms with Gasteiger partial charge in [-0.05, 0) is 55.9 Å². The van der Waals surface area contributed by atoms with Crippen LogP contribution in [-0.2, 0) is 28.5 Å². The van der Waals surface area contributed by atoms with Gasteiger partial charge in [0.05, 0.1) is 5.02 Å². The van der Waals surface area contributed by atoms with Crippen LogP contribution in [-0.4, -0.2) is 65.0 Å². The van der Waals surface area contributed by atoms with Crippen LogP contribution in [0.4, 0.5) is 13.2 Å². The normalized spacial score (nSPS) is 18.7. The van der Waals surface area contributed by atoms with Crippen LogP contribution >= 0.6 is 24.0 Å². The highest BCUT2D eigenvalue weighted by Crippen LogP contribution is 2.35. The van der Waals surface area contributed by atoms with E-state index in [1.54, 1.807) is 24.3 Å². The van der Waals surface area contributed by atoms with Gasteiger partial charge in [-0.1, -0.05) is 11.6 Å². The molecule has 1 fully saturated rings. The van der Waals surface area contributed by atoms with Crippen LogP contribution < -0.4 is 10.6 Å². The molecule has 2 aromatic rings. The molecule has 14 heteroatoms. The molecule has 2 unspecified atom stereocenters. The van der Waals surface area contributed by atoms with Gasteiger partial charge in [0, 0.05) is 36.8 Å². The van der Waals surface area contributed by atoms with Crippen molar-refractivity contribution >= 4 is 47.6 Å². The van der Waals surface area contributed by atoms with Crippen LogP contribution in [0.2, 0.25) is 5.02 Å². The Morgan fingerprint density at radius 1 is 1.29 bits per heavy atom. The zero-order valence-corrected chi connectivity index (χ0v) is 21.8. The summed E-state index contributed by atoms with van der Waals surface area (Å²) in [7, 11) is 3.55. The van der Waals surface area contributed by atoms with Crippen LogP contribution in [0.5, 0.6) is 0 Å². The predicted molar refractivity (Wildman–Crippen MR) is 133 cm³/mol. The third-order valence-corrected chi connectivity index (χ3v) is 6.41. The number of hydrogen-bond acceptors (Lipinski definition) is 6. The van der Waals surface area contributed by atoms with E-state index in [-0.39, 0.29) is 47.9 Å². The molecule has 2 atom stereocenters. The summed E-state index contributed by atoms with van der Waals surface area (Å²) in [4.78, 5) is 56.1. The van der Waals surface area contributed by atoms with Crippen molar-refractivity contribution in [1.82, 2.24) is 25.4 Å². The predicted octanol–water partition coefficient (Wildman–Crippen LogP) is 2.80. The summed E-state index contributed by atoms with van der Waals surface area (Å²) in [5, 5.41) is 3.51. The van der Waals surface area contributed by atoms with Crippen LogP contribution in [0.25, 0.3) is 0 Å². The maximum atomic E-state index is 15.6. The van der Waals surface area contributed by atoms with E-state index in [9.17, 15) is 28.0 Å². The van der Waals surface area contributed by atoms with Gasteiger partial charge in [0.1, 0.15) is 11.7 Å². The number of alkyl halides is 3. The molecule has 3 heterocycles. The average Bonchev–Trinajstić information content (AvgIpc) is 3.14. The van der Waals surface area contributed by atoms with Crippen molar-refractivity contribution in [3.05, 3.63) is 63.4 Å². The molecule has 9 nitrogen and oxygen atoms in total. The van der Waals surface area contributed by atoms with Crippen LogP contribution in [0.1, 0.15) is 50.4 Å². The zero-order valence-electron chi connectivity index (χ0n) is 20.3. The highest BCUT2D eigenvalue weighted by Gasteiger charge is 2.47. The van der Waals surface area contributed by atoms with E-state index < -0.39 is 47.6 Å². The van der Waals surface area contributed by atoms with Crippen molar-refractivity contribution in [2.45, 2.75) is 44.2 Å². The molecule has 1 saturated heterocycles. The first-order chi connectivity index (χ1) is 17.4. The summed E-state index contributed by atoms with van der Waals surface area (Å²) in [6.07, 6.45) is -2.27. The molecule has 0 aliphatic carbocycles. The molecule has 38 heavy (non-hydrogen) atoms. The summed E-state index contributed by atoms with van der Waals surface area (Å²) in [6.45, 7) is 0.342. The second kappa shape index (κ2) is 11.3. The molecule has 0 radical (unpaired) electrons. The van der Waals surface area contributed by atoms with E-state index in [0.717, 1.165) is 0 Å². The van der Waals surface area contributed by atoms with Gasteiger partial charge in [-0.25, -0.2) is 13.2 Å². The lowest BCUT2D eigenvalue weighted by atomic mass is 10.0. The Morgan fingerprint density at radius 2 is 2.00 bits per heavy atom. The molecule has 2 aliphatic heterocycles. The van der Waals surface area contributed by atoms with Gasteiger partial charge in [-0.2, -0.15) is 0 Å². The van der Waals surface area contributed by atoms with Crippen LogP contribution in [0.3, 0.4) is 0 Å². The number of piperidine rings is 1. The monoisotopic (exact) mass is 573 g/mol. The smallest absolute Gasteiger partial charge is 0.296 e. The lowest BCUT2D eigenvalue weighted by Crippen LogP contribution is -2.52. The van der Waals surface area contributed by atoms with E-state index in [2.05, 4.69) is 10.3 Å². The lowest BCUT2D eigenvalue weighted by molar-refractivity contribution is -0.136.